The van der Waals surface area contributed by atoms with E-state index in [0.29, 0.717) is 18.0 Å². The third-order valence-corrected chi connectivity index (χ3v) is 3.74. The van der Waals surface area contributed by atoms with Crippen LogP contribution in [0.4, 0.5) is 0 Å². The van der Waals surface area contributed by atoms with E-state index in [1.165, 1.54) is 6.42 Å². The highest BCUT2D eigenvalue weighted by molar-refractivity contribution is 4.83. The maximum Gasteiger partial charge on any atom is 0.0589 e. The Hall–Kier alpha value is -0.160. The first kappa shape index (κ1) is 15.9. The molecule has 0 spiro atoms. The molecule has 0 saturated carbocycles. The van der Waals surface area contributed by atoms with Crippen LogP contribution in [0.3, 0.4) is 0 Å². The van der Waals surface area contributed by atoms with Crippen LogP contribution in [0.2, 0.25) is 0 Å². The maximum atomic E-state index is 5.52. The summed E-state index contributed by atoms with van der Waals surface area (Å²) in [5, 5.41) is 3.62. The fraction of sp³-hybridized carbons (Fsp3) is 1.00. The Bertz CT molecular complexity index is 206. The number of hydrogen-bond acceptors (Lipinski definition) is 4. The lowest BCUT2D eigenvalue weighted by Crippen LogP contribution is -2.48. The van der Waals surface area contributed by atoms with E-state index in [1.54, 1.807) is 7.11 Å². The SMILES string of the molecule is CCNC(CN(CCOC)C(C)C)C1CCOC1. The standard InChI is InChI=1S/C14H30N2O2/c1-5-15-14(13-6-8-18-11-13)10-16(12(2)3)7-9-17-4/h12-15H,5-11H2,1-4H3. The molecular formula is C14H30N2O2. The quantitative estimate of drug-likeness (QED) is 0.677. The average Bonchev–Trinajstić information content (AvgIpc) is 2.86. The first-order valence-electron chi connectivity index (χ1n) is 7.23. The molecule has 0 radical (unpaired) electrons. The summed E-state index contributed by atoms with van der Waals surface area (Å²) in [4.78, 5) is 2.50. The fourth-order valence-corrected chi connectivity index (χ4v) is 2.53. The summed E-state index contributed by atoms with van der Waals surface area (Å²) in [6, 6.07) is 1.10. The molecule has 2 unspecified atom stereocenters. The molecule has 1 rings (SSSR count). The van der Waals surface area contributed by atoms with Gasteiger partial charge in [-0.15, -0.1) is 0 Å². The van der Waals surface area contributed by atoms with Gasteiger partial charge in [-0.25, -0.2) is 0 Å². The number of nitrogens with zero attached hydrogens (tertiary/aromatic N) is 1. The molecule has 4 nitrogen and oxygen atoms in total. The van der Waals surface area contributed by atoms with Crippen molar-refractivity contribution >= 4 is 0 Å². The van der Waals surface area contributed by atoms with E-state index in [0.717, 1.165) is 39.5 Å². The second-order valence-electron chi connectivity index (χ2n) is 5.37. The second-order valence-corrected chi connectivity index (χ2v) is 5.37. The predicted molar refractivity (Wildman–Crippen MR) is 75.0 cm³/mol. The molecule has 1 heterocycles. The van der Waals surface area contributed by atoms with Gasteiger partial charge in [-0.2, -0.15) is 0 Å². The molecule has 1 aliphatic rings. The molecular weight excluding hydrogens is 228 g/mol. The molecule has 0 aliphatic carbocycles. The first-order valence-corrected chi connectivity index (χ1v) is 7.23. The van der Waals surface area contributed by atoms with Crippen molar-refractivity contribution in [2.75, 3.05) is 46.6 Å². The van der Waals surface area contributed by atoms with Crippen LogP contribution in [0.15, 0.2) is 0 Å². The smallest absolute Gasteiger partial charge is 0.0589 e. The monoisotopic (exact) mass is 258 g/mol. The van der Waals surface area contributed by atoms with Gasteiger partial charge in [0, 0.05) is 44.8 Å². The number of likely N-dealkylation sites (N-methyl/N-ethyl adjacent to an activating group) is 1. The molecule has 2 atom stereocenters. The van der Waals surface area contributed by atoms with E-state index in [4.69, 9.17) is 9.47 Å². The van der Waals surface area contributed by atoms with Gasteiger partial charge in [0.05, 0.1) is 13.2 Å². The number of nitrogens with one attached hydrogen (secondary N) is 1. The third-order valence-electron chi connectivity index (χ3n) is 3.74. The molecule has 1 N–H and O–H groups in total. The normalized spacial score (nSPS) is 22.0. The first-order chi connectivity index (χ1) is 8.69. The largest absolute Gasteiger partial charge is 0.383 e. The van der Waals surface area contributed by atoms with Crippen molar-refractivity contribution in [1.29, 1.82) is 0 Å². The minimum absolute atomic E-state index is 0.539. The van der Waals surface area contributed by atoms with Crippen LogP contribution in [0.5, 0.6) is 0 Å². The van der Waals surface area contributed by atoms with Gasteiger partial charge in [-0.3, -0.25) is 4.90 Å². The van der Waals surface area contributed by atoms with Crippen LogP contribution in [0.25, 0.3) is 0 Å². The van der Waals surface area contributed by atoms with E-state index in [-0.39, 0.29) is 0 Å². The highest BCUT2D eigenvalue weighted by Crippen LogP contribution is 2.18. The van der Waals surface area contributed by atoms with Crippen molar-refractivity contribution in [3.8, 4) is 0 Å². The Kier molecular flexibility index (Phi) is 7.82. The summed E-state index contributed by atoms with van der Waals surface area (Å²) in [6.07, 6.45) is 1.19. The van der Waals surface area contributed by atoms with Crippen LogP contribution in [0.1, 0.15) is 27.2 Å². The van der Waals surface area contributed by atoms with Crippen molar-refractivity contribution in [2.45, 2.75) is 39.3 Å². The second kappa shape index (κ2) is 8.86. The summed E-state index contributed by atoms with van der Waals surface area (Å²) < 4.78 is 10.7. The molecule has 0 aromatic rings. The molecule has 18 heavy (non-hydrogen) atoms. The van der Waals surface area contributed by atoms with E-state index in [1.807, 2.05) is 0 Å². The summed E-state index contributed by atoms with van der Waals surface area (Å²) in [5.41, 5.74) is 0. The minimum Gasteiger partial charge on any atom is -0.383 e. The number of ether oxygens (including phenoxy) is 2. The number of rotatable bonds is 9. The van der Waals surface area contributed by atoms with Crippen LogP contribution >= 0.6 is 0 Å². The van der Waals surface area contributed by atoms with Gasteiger partial charge in [0.2, 0.25) is 0 Å². The Morgan fingerprint density at radius 3 is 2.72 bits per heavy atom. The third kappa shape index (κ3) is 5.22. The van der Waals surface area contributed by atoms with Crippen molar-refractivity contribution in [3.05, 3.63) is 0 Å². The zero-order chi connectivity index (χ0) is 13.4. The molecule has 1 fully saturated rings. The van der Waals surface area contributed by atoms with Crippen molar-refractivity contribution in [1.82, 2.24) is 10.2 Å². The Morgan fingerprint density at radius 1 is 1.44 bits per heavy atom. The maximum absolute atomic E-state index is 5.52. The number of methoxy groups -OCH3 is 1. The van der Waals surface area contributed by atoms with Crippen molar-refractivity contribution in [2.24, 2.45) is 5.92 Å². The molecule has 0 aromatic carbocycles. The Morgan fingerprint density at radius 2 is 2.22 bits per heavy atom. The summed E-state index contributed by atoms with van der Waals surface area (Å²) in [6.45, 7) is 12.4. The lowest BCUT2D eigenvalue weighted by atomic mass is 9.98. The lowest BCUT2D eigenvalue weighted by Gasteiger charge is -2.33. The fourth-order valence-electron chi connectivity index (χ4n) is 2.53. The van der Waals surface area contributed by atoms with E-state index < -0.39 is 0 Å². The molecule has 108 valence electrons. The van der Waals surface area contributed by atoms with Crippen LogP contribution in [-0.4, -0.2) is 63.5 Å². The highest BCUT2D eigenvalue weighted by Gasteiger charge is 2.27. The van der Waals surface area contributed by atoms with Gasteiger partial charge in [0.25, 0.3) is 0 Å². The van der Waals surface area contributed by atoms with Crippen molar-refractivity contribution < 1.29 is 9.47 Å². The molecule has 0 bridgehead atoms. The molecule has 1 aliphatic heterocycles. The zero-order valence-corrected chi connectivity index (χ0v) is 12.4. The van der Waals surface area contributed by atoms with Gasteiger partial charge < -0.3 is 14.8 Å². The van der Waals surface area contributed by atoms with Crippen LogP contribution in [-0.2, 0) is 9.47 Å². The molecule has 0 amide bonds. The van der Waals surface area contributed by atoms with E-state index in [2.05, 4.69) is 31.0 Å². The topological polar surface area (TPSA) is 33.7 Å². The predicted octanol–water partition coefficient (Wildman–Crippen LogP) is 1.36. The van der Waals surface area contributed by atoms with Crippen LogP contribution in [0, 0.1) is 5.92 Å². The average molecular weight is 258 g/mol. The van der Waals surface area contributed by atoms with E-state index in [9.17, 15) is 0 Å². The van der Waals surface area contributed by atoms with E-state index >= 15 is 0 Å². The Balaban J connectivity index is 2.49. The lowest BCUT2D eigenvalue weighted by molar-refractivity contribution is 0.108. The van der Waals surface area contributed by atoms with Gasteiger partial charge in [0.15, 0.2) is 0 Å². The molecule has 0 aromatic heterocycles. The zero-order valence-electron chi connectivity index (χ0n) is 12.4. The van der Waals surface area contributed by atoms with Gasteiger partial charge in [-0.1, -0.05) is 6.92 Å². The summed E-state index contributed by atoms with van der Waals surface area (Å²) in [5.74, 6) is 0.661. The van der Waals surface area contributed by atoms with Gasteiger partial charge in [0.1, 0.15) is 0 Å². The van der Waals surface area contributed by atoms with Gasteiger partial charge >= 0.3 is 0 Å². The summed E-state index contributed by atoms with van der Waals surface area (Å²) >= 11 is 0. The summed E-state index contributed by atoms with van der Waals surface area (Å²) in [7, 11) is 1.77. The van der Waals surface area contributed by atoms with Crippen molar-refractivity contribution in [3.63, 3.8) is 0 Å². The minimum atomic E-state index is 0.539. The van der Waals surface area contributed by atoms with Crippen LogP contribution < -0.4 is 5.32 Å². The Labute approximate surface area is 112 Å². The molecule has 4 heteroatoms. The molecule has 1 saturated heterocycles. The number of hydrogen-bond donors (Lipinski definition) is 1. The van der Waals surface area contributed by atoms with Gasteiger partial charge in [-0.05, 0) is 26.8 Å². The highest BCUT2D eigenvalue weighted by atomic mass is 16.5.